The Morgan fingerprint density at radius 2 is 1.68 bits per heavy atom. The van der Waals surface area contributed by atoms with Crippen LogP contribution < -0.4 is 14.8 Å². The Morgan fingerprint density at radius 3 is 2.32 bits per heavy atom. The predicted octanol–water partition coefficient (Wildman–Crippen LogP) is 4.07. The summed E-state index contributed by atoms with van der Waals surface area (Å²) in [4.78, 5) is 12.0. The third-order valence-corrected chi connectivity index (χ3v) is 4.46. The van der Waals surface area contributed by atoms with Gasteiger partial charge < -0.3 is 14.8 Å². The van der Waals surface area contributed by atoms with Crippen molar-refractivity contribution in [3.05, 3.63) is 60.2 Å². The van der Waals surface area contributed by atoms with Crippen LogP contribution >= 0.6 is 11.8 Å². The number of nitrogens with one attached hydrogen (secondary N) is 1. The van der Waals surface area contributed by atoms with Crippen molar-refractivity contribution in [2.75, 3.05) is 24.7 Å². The molecule has 0 heterocycles. The number of thioether (sulfide) groups is 1. The Labute approximate surface area is 153 Å². The van der Waals surface area contributed by atoms with Crippen molar-refractivity contribution < 1.29 is 14.3 Å². The maximum atomic E-state index is 12.0. The summed E-state index contributed by atoms with van der Waals surface area (Å²) in [5, 5.41) is 3.01. The number of hydrogen-bond donors (Lipinski definition) is 1. The fourth-order valence-corrected chi connectivity index (χ4v) is 2.90. The zero-order valence-electron chi connectivity index (χ0n) is 14.7. The highest BCUT2D eigenvalue weighted by Crippen LogP contribution is 2.18. The molecule has 25 heavy (non-hydrogen) atoms. The van der Waals surface area contributed by atoms with Crippen molar-refractivity contribution in [1.29, 1.82) is 0 Å². The van der Waals surface area contributed by atoms with Crippen molar-refractivity contribution >= 4 is 17.7 Å². The average Bonchev–Trinajstić information content (AvgIpc) is 2.64. The lowest BCUT2D eigenvalue weighted by molar-refractivity contribution is -0.119. The third kappa shape index (κ3) is 7.10. The van der Waals surface area contributed by atoms with Gasteiger partial charge in [-0.2, -0.15) is 0 Å². The van der Waals surface area contributed by atoms with Crippen LogP contribution in [-0.4, -0.2) is 30.6 Å². The van der Waals surface area contributed by atoms with Crippen molar-refractivity contribution in [3.63, 3.8) is 0 Å². The van der Waals surface area contributed by atoms with Crippen molar-refractivity contribution in [2.24, 2.45) is 0 Å². The van der Waals surface area contributed by atoms with Crippen molar-refractivity contribution in [2.45, 2.75) is 19.9 Å². The molecule has 2 aromatic rings. The summed E-state index contributed by atoms with van der Waals surface area (Å²) >= 11 is 1.57. The molecule has 0 radical (unpaired) electrons. The second-order valence-electron chi connectivity index (χ2n) is 5.51. The minimum Gasteiger partial charge on any atom is -0.494 e. The number of carbonyl (C=O) groups excluding carboxylic acids is 1. The topological polar surface area (TPSA) is 47.6 Å². The van der Waals surface area contributed by atoms with Gasteiger partial charge in [-0.15, -0.1) is 11.8 Å². The molecule has 0 aromatic heterocycles. The summed E-state index contributed by atoms with van der Waals surface area (Å²) in [6.45, 7) is 5.17. The predicted molar refractivity (Wildman–Crippen MR) is 103 cm³/mol. The second kappa shape index (κ2) is 10.7. The number of benzene rings is 2. The van der Waals surface area contributed by atoms with Gasteiger partial charge >= 0.3 is 0 Å². The van der Waals surface area contributed by atoms with E-state index in [1.807, 2.05) is 68.4 Å². The summed E-state index contributed by atoms with van der Waals surface area (Å²) < 4.78 is 11.1. The Bertz CT molecular complexity index is 631. The van der Waals surface area contributed by atoms with Gasteiger partial charge in [0.25, 0.3) is 0 Å². The molecule has 5 heteroatoms. The van der Waals surface area contributed by atoms with Crippen LogP contribution in [0.2, 0.25) is 0 Å². The lowest BCUT2D eigenvalue weighted by atomic mass is 10.1. The van der Waals surface area contributed by atoms with Gasteiger partial charge in [0.1, 0.15) is 11.5 Å². The first-order chi connectivity index (χ1) is 12.2. The molecule has 2 aromatic carbocycles. The summed E-state index contributed by atoms with van der Waals surface area (Å²) in [6.07, 6.45) is 0. The largest absolute Gasteiger partial charge is 0.494 e. The molecule has 1 unspecified atom stereocenters. The van der Waals surface area contributed by atoms with Gasteiger partial charge in [-0.05, 0) is 43.7 Å². The molecule has 2 rings (SSSR count). The van der Waals surface area contributed by atoms with Crippen molar-refractivity contribution in [3.8, 4) is 11.5 Å². The van der Waals surface area contributed by atoms with Gasteiger partial charge in [0.05, 0.1) is 25.0 Å². The fourth-order valence-electron chi connectivity index (χ4n) is 2.29. The summed E-state index contributed by atoms with van der Waals surface area (Å²) in [7, 11) is 0. The first kappa shape index (κ1) is 19.2. The maximum absolute atomic E-state index is 12.0. The number of ether oxygens (including phenoxy) is 2. The van der Waals surface area contributed by atoms with E-state index in [1.54, 1.807) is 11.8 Å². The molecule has 0 aliphatic carbocycles. The molecule has 0 saturated carbocycles. The lowest BCUT2D eigenvalue weighted by Crippen LogP contribution is -2.28. The molecule has 0 saturated heterocycles. The van der Waals surface area contributed by atoms with Crippen LogP contribution in [0.15, 0.2) is 54.6 Å². The lowest BCUT2D eigenvalue weighted by Gasteiger charge is -2.14. The van der Waals surface area contributed by atoms with E-state index in [0.717, 1.165) is 22.8 Å². The average molecular weight is 359 g/mol. The molecule has 4 nitrogen and oxygen atoms in total. The number of carbonyl (C=O) groups is 1. The first-order valence-electron chi connectivity index (χ1n) is 8.46. The zero-order valence-corrected chi connectivity index (χ0v) is 15.6. The second-order valence-corrected chi connectivity index (χ2v) is 6.61. The number of amides is 1. The molecule has 0 aliphatic rings. The quantitative estimate of drug-likeness (QED) is 0.650. The molecular formula is C20H25NO3S. The molecule has 0 bridgehead atoms. The van der Waals surface area contributed by atoms with Crippen LogP contribution in [0.25, 0.3) is 0 Å². The molecule has 134 valence electrons. The van der Waals surface area contributed by atoms with Crippen LogP contribution in [0.3, 0.4) is 0 Å². The Kier molecular flexibility index (Phi) is 8.19. The van der Waals surface area contributed by atoms with Crippen LogP contribution in [0.4, 0.5) is 0 Å². The maximum Gasteiger partial charge on any atom is 0.230 e. The van der Waals surface area contributed by atoms with Crippen LogP contribution in [0.1, 0.15) is 25.5 Å². The standard InChI is InChI=1S/C20H25NO3S/c1-3-23-18-9-11-19(12-10-18)24-13-14-25-15-20(22)21-16(2)17-7-5-4-6-8-17/h4-12,16H,3,13-15H2,1-2H3,(H,21,22). The molecule has 1 amide bonds. The van der Waals surface area contributed by atoms with Crippen molar-refractivity contribution in [1.82, 2.24) is 5.32 Å². The molecule has 1 atom stereocenters. The van der Waals surface area contributed by atoms with E-state index >= 15 is 0 Å². The van der Waals surface area contributed by atoms with Gasteiger partial charge in [-0.3, -0.25) is 4.79 Å². The van der Waals surface area contributed by atoms with E-state index in [9.17, 15) is 4.79 Å². The van der Waals surface area contributed by atoms with E-state index in [4.69, 9.17) is 9.47 Å². The third-order valence-electron chi connectivity index (χ3n) is 3.54. The van der Waals surface area contributed by atoms with Gasteiger partial charge in [0, 0.05) is 5.75 Å². The van der Waals surface area contributed by atoms with E-state index in [0.29, 0.717) is 19.0 Å². The Hall–Kier alpha value is -2.14. The monoisotopic (exact) mass is 359 g/mol. The smallest absolute Gasteiger partial charge is 0.230 e. The Morgan fingerprint density at radius 1 is 1.04 bits per heavy atom. The number of hydrogen-bond acceptors (Lipinski definition) is 4. The number of rotatable bonds is 10. The first-order valence-corrected chi connectivity index (χ1v) is 9.62. The molecule has 0 aliphatic heterocycles. The fraction of sp³-hybridized carbons (Fsp3) is 0.350. The van der Waals surface area contributed by atoms with Crippen LogP contribution in [-0.2, 0) is 4.79 Å². The summed E-state index contributed by atoms with van der Waals surface area (Å²) in [5.41, 5.74) is 1.11. The SMILES string of the molecule is CCOc1ccc(OCCSCC(=O)NC(C)c2ccccc2)cc1. The van der Waals surface area contributed by atoms with E-state index in [1.165, 1.54) is 0 Å². The summed E-state index contributed by atoms with van der Waals surface area (Å²) in [5.74, 6) is 2.89. The molecular weight excluding hydrogens is 334 g/mol. The van der Waals surface area contributed by atoms with Gasteiger partial charge in [-0.25, -0.2) is 0 Å². The normalized spacial score (nSPS) is 11.6. The molecule has 1 N–H and O–H groups in total. The Balaban J connectivity index is 1.60. The minimum atomic E-state index is 0.0226. The van der Waals surface area contributed by atoms with Gasteiger partial charge in [0.2, 0.25) is 5.91 Å². The van der Waals surface area contributed by atoms with E-state index < -0.39 is 0 Å². The minimum absolute atomic E-state index is 0.0226. The van der Waals surface area contributed by atoms with Gasteiger partial charge in [-0.1, -0.05) is 30.3 Å². The molecule has 0 fully saturated rings. The van der Waals surface area contributed by atoms with Gasteiger partial charge in [0.15, 0.2) is 0 Å². The van der Waals surface area contributed by atoms with Crippen LogP contribution in [0.5, 0.6) is 11.5 Å². The zero-order chi connectivity index (χ0) is 17.9. The van der Waals surface area contributed by atoms with E-state index in [-0.39, 0.29) is 11.9 Å². The summed E-state index contributed by atoms with van der Waals surface area (Å²) in [6, 6.07) is 17.6. The highest BCUT2D eigenvalue weighted by atomic mass is 32.2. The van der Waals surface area contributed by atoms with E-state index in [2.05, 4.69) is 5.32 Å². The van der Waals surface area contributed by atoms with Crippen LogP contribution in [0, 0.1) is 0 Å². The highest BCUT2D eigenvalue weighted by Gasteiger charge is 2.08. The highest BCUT2D eigenvalue weighted by molar-refractivity contribution is 7.99. The molecule has 0 spiro atoms.